The summed E-state index contributed by atoms with van der Waals surface area (Å²) in [6.07, 6.45) is 1.83. The Balaban J connectivity index is 2.83. The van der Waals surface area contributed by atoms with Gasteiger partial charge in [0, 0.05) is 17.3 Å². The smallest absolute Gasteiger partial charge is 0.255 e. The van der Waals surface area contributed by atoms with E-state index in [9.17, 15) is 4.79 Å². The lowest BCUT2D eigenvalue weighted by atomic mass is 9.86. The Morgan fingerprint density at radius 1 is 1.17 bits per heavy atom. The largest absolute Gasteiger partial charge is 0.301 e. The average Bonchev–Trinajstić information content (AvgIpc) is 2.59. The highest BCUT2D eigenvalue weighted by atomic mass is 16.1. The molecule has 1 aliphatic rings. The SMILES string of the molecule is CC(C)(C)c1cc2c(n(C(C)(C)C)c1=O)C=NC2. The molecule has 98 valence electrons. The fourth-order valence-electron chi connectivity index (χ4n) is 2.38. The van der Waals surface area contributed by atoms with Crippen LogP contribution in [-0.4, -0.2) is 10.8 Å². The molecule has 3 heteroatoms. The number of fused-ring (bicyclic) bond motifs is 1. The van der Waals surface area contributed by atoms with E-state index in [1.54, 1.807) is 0 Å². The zero-order valence-electron chi connectivity index (χ0n) is 12.2. The van der Waals surface area contributed by atoms with Crippen LogP contribution in [0.15, 0.2) is 15.9 Å². The molecular weight excluding hydrogens is 224 g/mol. The summed E-state index contributed by atoms with van der Waals surface area (Å²) in [5.74, 6) is 0. The lowest BCUT2D eigenvalue weighted by Gasteiger charge is -2.29. The topological polar surface area (TPSA) is 34.4 Å². The highest BCUT2D eigenvalue weighted by molar-refractivity contribution is 5.82. The predicted octanol–water partition coefficient (Wildman–Crippen LogP) is 2.83. The minimum atomic E-state index is -0.223. The molecule has 0 aliphatic carbocycles. The fourth-order valence-corrected chi connectivity index (χ4v) is 2.38. The zero-order valence-corrected chi connectivity index (χ0v) is 12.2. The second kappa shape index (κ2) is 3.81. The molecule has 0 spiro atoms. The van der Waals surface area contributed by atoms with Gasteiger partial charge in [-0.25, -0.2) is 0 Å². The summed E-state index contributed by atoms with van der Waals surface area (Å²) in [4.78, 5) is 17.0. The van der Waals surface area contributed by atoms with Crippen LogP contribution in [0.3, 0.4) is 0 Å². The lowest BCUT2D eigenvalue weighted by molar-refractivity contribution is 0.375. The van der Waals surface area contributed by atoms with Crippen LogP contribution in [0.1, 0.15) is 58.4 Å². The number of hydrogen-bond donors (Lipinski definition) is 0. The molecule has 2 heterocycles. The van der Waals surface area contributed by atoms with E-state index in [1.165, 1.54) is 0 Å². The highest BCUT2D eigenvalue weighted by Crippen LogP contribution is 2.26. The molecule has 2 rings (SSSR count). The van der Waals surface area contributed by atoms with E-state index in [0.717, 1.165) is 16.8 Å². The van der Waals surface area contributed by atoms with Crippen LogP contribution in [0.4, 0.5) is 0 Å². The van der Waals surface area contributed by atoms with Crippen molar-refractivity contribution in [2.45, 2.75) is 59.0 Å². The van der Waals surface area contributed by atoms with Crippen molar-refractivity contribution in [3.63, 3.8) is 0 Å². The summed E-state index contributed by atoms with van der Waals surface area (Å²) in [5, 5.41) is 0. The lowest BCUT2D eigenvalue weighted by Crippen LogP contribution is -2.40. The first-order chi connectivity index (χ1) is 8.12. The van der Waals surface area contributed by atoms with Gasteiger partial charge in [-0.3, -0.25) is 9.79 Å². The van der Waals surface area contributed by atoms with Gasteiger partial charge in [0.25, 0.3) is 5.56 Å². The first-order valence-corrected chi connectivity index (χ1v) is 6.42. The van der Waals surface area contributed by atoms with Crippen LogP contribution in [-0.2, 0) is 17.5 Å². The Morgan fingerprint density at radius 2 is 1.78 bits per heavy atom. The molecule has 0 bridgehead atoms. The van der Waals surface area contributed by atoms with Gasteiger partial charge in [-0.15, -0.1) is 0 Å². The van der Waals surface area contributed by atoms with Gasteiger partial charge >= 0.3 is 0 Å². The molecule has 1 aliphatic heterocycles. The molecule has 0 aromatic carbocycles. The van der Waals surface area contributed by atoms with E-state index in [1.807, 2.05) is 16.8 Å². The minimum Gasteiger partial charge on any atom is -0.301 e. The summed E-state index contributed by atoms with van der Waals surface area (Å²) in [6, 6.07) is 2.03. The van der Waals surface area contributed by atoms with E-state index < -0.39 is 0 Å². The third-order valence-electron chi connectivity index (χ3n) is 3.28. The molecule has 0 atom stereocenters. The molecule has 0 N–H and O–H groups in total. The monoisotopic (exact) mass is 246 g/mol. The molecular formula is C15H22N2O. The molecule has 0 unspecified atom stereocenters. The van der Waals surface area contributed by atoms with Gasteiger partial charge in [-0.1, -0.05) is 20.8 Å². The van der Waals surface area contributed by atoms with E-state index in [0.29, 0.717) is 6.54 Å². The van der Waals surface area contributed by atoms with Crippen LogP contribution < -0.4 is 5.56 Å². The first kappa shape index (κ1) is 13.1. The Hall–Kier alpha value is -1.38. The Kier molecular flexibility index (Phi) is 2.76. The van der Waals surface area contributed by atoms with Gasteiger partial charge in [0.05, 0.1) is 12.2 Å². The highest BCUT2D eigenvalue weighted by Gasteiger charge is 2.28. The van der Waals surface area contributed by atoms with Crippen molar-refractivity contribution >= 4 is 6.21 Å². The third kappa shape index (κ3) is 2.02. The Labute approximate surface area is 109 Å². The molecule has 0 saturated heterocycles. The predicted molar refractivity (Wildman–Crippen MR) is 75.7 cm³/mol. The van der Waals surface area contributed by atoms with Gasteiger partial charge in [0.2, 0.25) is 0 Å². The average molecular weight is 246 g/mol. The second-order valence-electron chi connectivity index (χ2n) is 7.00. The molecule has 1 aromatic rings. The Morgan fingerprint density at radius 3 is 2.28 bits per heavy atom. The summed E-state index contributed by atoms with van der Waals surface area (Å²) < 4.78 is 1.89. The zero-order chi connectivity index (χ0) is 13.7. The first-order valence-electron chi connectivity index (χ1n) is 6.42. The van der Waals surface area contributed by atoms with E-state index >= 15 is 0 Å². The molecule has 18 heavy (non-hydrogen) atoms. The number of nitrogens with zero attached hydrogens (tertiary/aromatic N) is 2. The summed E-state index contributed by atoms with van der Waals surface area (Å²) in [6.45, 7) is 13.1. The molecule has 3 nitrogen and oxygen atoms in total. The van der Waals surface area contributed by atoms with Crippen molar-refractivity contribution in [1.82, 2.24) is 4.57 Å². The van der Waals surface area contributed by atoms with Gasteiger partial charge in [-0.2, -0.15) is 0 Å². The molecule has 1 aromatic heterocycles. The fraction of sp³-hybridized carbons (Fsp3) is 0.600. The van der Waals surface area contributed by atoms with Crippen LogP contribution in [0, 0.1) is 0 Å². The van der Waals surface area contributed by atoms with E-state index in [2.05, 4.69) is 46.5 Å². The molecule has 0 fully saturated rings. The molecule has 0 saturated carbocycles. The van der Waals surface area contributed by atoms with E-state index in [-0.39, 0.29) is 16.5 Å². The normalized spacial score (nSPS) is 15.0. The second-order valence-corrected chi connectivity index (χ2v) is 7.00. The number of pyridine rings is 1. The Bertz CT molecular complexity index is 566. The summed E-state index contributed by atoms with van der Waals surface area (Å²) in [5.41, 5.74) is 2.76. The molecule has 0 amide bonds. The quantitative estimate of drug-likeness (QED) is 0.693. The van der Waals surface area contributed by atoms with Crippen molar-refractivity contribution in [3.05, 3.63) is 33.2 Å². The standard InChI is InChI=1S/C15H22N2O/c1-14(2,3)11-7-10-8-16-9-12(10)17(13(11)18)15(4,5)6/h7,9H,8H2,1-6H3. The summed E-state index contributed by atoms with van der Waals surface area (Å²) in [7, 11) is 0. The van der Waals surface area contributed by atoms with Crippen molar-refractivity contribution in [2.24, 2.45) is 4.99 Å². The van der Waals surface area contributed by atoms with Crippen LogP contribution >= 0.6 is 0 Å². The van der Waals surface area contributed by atoms with Crippen molar-refractivity contribution < 1.29 is 0 Å². The maximum absolute atomic E-state index is 12.7. The minimum absolute atomic E-state index is 0.113. The van der Waals surface area contributed by atoms with Crippen molar-refractivity contribution in [1.29, 1.82) is 0 Å². The van der Waals surface area contributed by atoms with Crippen molar-refractivity contribution in [3.8, 4) is 0 Å². The van der Waals surface area contributed by atoms with Crippen molar-refractivity contribution in [2.75, 3.05) is 0 Å². The van der Waals surface area contributed by atoms with Crippen LogP contribution in [0.5, 0.6) is 0 Å². The van der Waals surface area contributed by atoms with Gasteiger partial charge in [0.15, 0.2) is 0 Å². The summed E-state index contributed by atoms with van der Waals surface area (Å²) >= 11 is 0. The maximum Gasteiger partial charge on any atom is 0.255 e. The van der Waals surface area contributed by atoms with Gasteiger partial charge in [-0.05, 0) is 37.8 Å². The number of rotatable bonds is 0. The third-order valence-corrected chi connectivity index (χ3v) is 3.28. The van der Waals surface area contributed by atoms with E-state index in [4.69, 9.17) is 0 Å². The van der Waals surface area contributed by atoms with Crippen LogP contribution in [0.2, 0.25) is 0 Å². The number of aliphatic imine (C=N–C) groups is 1. The molecule has 0 radical (unpaired) electrons. The van der Waals surface area contributed by atoms with Gasteiger partial charge in [0.1, 0.15) is 0 Å². The maximum atomic E-state index is 12.7. The number of hydrogen-bond acceptors (Lipinski definition) is 2. The van der Waals surface area contributed by atoms with Crippen LogP contribution in [0.25, 0.3) is 0 Å². The number of aromatic nitrogens is 1. The van der Waals surface area contributed by atoms with Gasteiger partial charge < -0.3 is 4.57 Å².